The lowest BCUT2D eigenvalue weighted by Gasteiger charge is -2.07. The van der Waals surface area contributed by atoms with E-state index in [-0.39, 0.29) is 0 Å². The van der Waals surface area contributed by atoms with Crippen LogP contribution in [0.5, 0.6) is 0 Å². The second-order valence-electron chi connectivity index (χ2n) is 2.83. The fourth-order valence-electron chi connectivity index (χ4n) is 0.866. The fraction of sp³-hybridized carbons (Fsp3) is 0.125. The molecule has 0 heterocycles. The molecule has 1 aromatic rings. The van der Waals surface area contributed by atoms with E-state index in [1.165, 1.54) is 24.3 Å². The number of halogens is 1. The third-order valence-corrected chi connectivity index (χ3v) is 2.79. The number of carbonyl (C=O) groups is 1. The summed E-state index contributed by atoms with van der Waals surface area (Å²) in [6.07, 6.45) is 0. The van der Waals surface area contributed by atoms with Crippen molar-refractivity contribution in [2.24, 2.45) is 0 Å². The van der Waals surface area contributed by atoms with Crippen molar-refractivity contribution in [2.45, 2.75) is 0 Å². The van der Waals surface area contributed by atoms with Crippen molar-refractivity contribution < 1.29 is 18.3 Å². The molecule has 0 aromatic heterocycles. The highest BCUT2D eigenvalue weighted by atomic mass is 35.5. The largest absolute Gasteiger partial charge is 0.480 e. The molecule has 0 spiro atoms. The smallest absolute Gasteiger partial charge is 0.318 e. The van der Waals surface area contributed by atoms with Gasteiger partial charge in [0.2, 0.25) is 0 Å². The highest BCUT2D eigenvalue weighted by Crippen LogP contribution is 2.13. The molecule has 0 saturated heterocycles. The van der Waals surface area contributed by atoms with E-state index in [1.807, 2.05) is 4.72 Å². The molecule has 0 aliphatic rings. The Morgan fingerprint density at radius 1 is 1.31 bits per heavy atom. The number of rotatable bonds is 5. The fourth-order valence-corrected chi connectivity index (χ4v) is 1.82. The van der Waals surface area contributed by atoms with Gasteiger partial charge in [0.15, 0.2) is 0 Å². The van der Waals surface area contributed by atoms with Crippen LogP contribution < -0.4 is 9.44 Å². The summed E-state index contributed by atoms with van der Waals surface area (Å²) in [4.78, 5) is 10.2. The number of hydrogen-bond acceptors (Lipinski definition) is 3. The maximum Gasteiger partial charge on any atom is 0.318 e. The number of hydrogen-bond donors (Lipinski definition) is 3. The van der Waals surface area contributed by atoms with Crippen LogP contribution >= 0.6 is 11.6 Å². The molecule has 8 heteroatoms. The Balaban J connectivity index is 2.65. The zero-order valence-corrected chi connectivity index (χ0v) is 9.55. The van der Waals surface area contributed by atoms with Gasteiger partial charge >= 0.3 is 5.97 Å². The Kier molecular flexibility index (Phi) is 4.11. The van der Waals surface area contributed by atoms with E-state index >= 15 is 0 Å². The molecule has 88 valence electrons. The number of nitrogens with one attached hydrogen (secondary N) is 2. The van der Waals surface area contributed by atoms with Gasteiger partial charge in [0.25, 0.3) is 10.2 Å². The molecule has 1 rings (SSSR count). The van der Waals surface area contributed by atoms with Crippen LogP contribution in [0.25, 0.3) is 0 Å². The summed E-state index contributed by atoms with van der Waals surface area (Å²) >= 11 is 5.62. The van der Waals surface area contributed by atoms with Crippen LogP contribution in [-0.2, 0) is 15.0 Å². The van der Waals surface area contributed by atoms with Crippen LogP contribution in [0.15, 0.2) is 24.3 Å². The first-order chi connectivity index (χ1) is 7.39. The van der Waals surface area contributed by atoms with Crippen LogP contribution in [-0.4, -0.2) is 26.0 Å². The Morgan fingerprint density at radius 2 is 1.88 bits per heavy atom. The van der Waals surface area contributed by atoms with Crippen molar-refractivity contribution in [1.82, 2.24) is 4.72 Å². The summed E-state index contributed by atoms with van der Waals surface area (Å²) in [5.41, 5.74) is 0.294. The summed E-state index contributed by atoms with van der Waals surface area (Å²) in [7, 11) is -3.87. The number of aliphatic carboxylic acids is 1. The number of carboxylic acid groups (broad SMARTS) is 1. The molecule has 0 unspecified atom stereocenters. The van der Waals surface area contributed by atoms with Gasteiger partial charge in [-0.05, 0) is 24.3 Å². The van der Waals surface area contributed by atoms with Crippen LogP contribution in [0.4, 0.5) is 5.69 Å². The Labute approximate surface area is 97.4 Å². The molecule has 16 heavy (non-hydrogen) atoms. The zero-order chi connectivity index (χ0) is 12.2. The molecule has 0 radical (unpaired) electrons. The highest BCUT2D eigenvalue weighted by molar-refractivity contribution is 7.90. The standard InChI is InChI=1S/C8H9ClN2O4S/c9-6-1-3-7(4-2-6)11-16(14,15)10-5-8(12)13/h1-4,10-11H,5H2,(H,12,13). The van der Waals surface area contributed by atoms with Gasteiger partial charge in [-0.2, -0.15) is 13.1 Å². The molecule has 0 saturated carbocycles. The van der Waals surface area contributed by atoms with E-state index in [1.54, 1.807) is 0 Å². The SMILES string of the molecule is O=C(O)CNS(=O)(=O)Nc1ccc(Cl)cc1. The summed E-state index contributed by atoms with van der Waals surface area (Å²) in [5, 5.41) is 8.78. The Hall–Kier alpha value is -1.31. The minimum absolute atomic E-state index is 0.294. The Bertz CT molecular complexity index is 471. The molecule has 0 bridgehead atoms. The van der Waals surface area contributed by atoms with Crippen LogP contribution in [0.1, 0.15) is 0 Å². The molecule has 3 N–H and O–H groups in total. The van der Waals surface area contributed by atoms with E-state index in [9.17, 15) is 13.2 Å². The molecule has 0 fully saturated rings. The monoisotopic (exact) mass is 264 g/mol. The number of benzene rings is 1. The van der Waals surface area contributed by atoms with E-state index in [4.69, 9.17) is 16.7 Å². The molecular weight excluding hydrogens is 256 g/mol. The first-order valence-electron chi connectivity index (χ1n) is 4.14. The second kappa shape index (κ2) is 5.15. The third-order valence-electron chi connectivity index (χ3n) is 1.51. The minimum atomic E-state index is -3.87. The third kappa shape index (κ3) is 4.47. The van der Waals surface area contributed by atoms with E-state index in [0.29, 0.717) is 10.7 Å². The van der Waals surface area contributed by atoms with Crippen molar-refractivity contribution in [3.63, 3.8) is 0 Å². The van der Waals surface area contributed by atoms with Gasteiger partial charge in [0.05, 0.1) is 0 Å². The average molecular weight is 265 g/mol. The lowest BCUT2D eigenvalue weighted by atomic mass is 10.3. The number of carboxylic acids is 1. The molecule has 0 amide bonds. The van der Waals surface area contributed by atoms with Gasteiger partial charge in [0, 0.05) is 10.7 Å². The van der Waals surface area contributed by atoms with Gasteiger partial charge in [-0.1, -0.05) is 11.6 Å². The van der Waals surface area contributed by atoms with Crippen molar-refractivity contribution >= 4 is 33.5 Å². The van der Waals surface area contributed by atoms with Gasteiger partial charge in [-0.25, -0.2) is 0 Å². The van der Waals surface area contributed by atoms with E-state index in [0.717, 1.165) is 0 Å². The first-order valence-corrected chi connectivity index (χ1v) is 6.00. The quantitative estimate of drug-likeness (QED) is 0.728. The van der Waals surface area contributed by atoms with Crippen molar-refractivity contribution in [1.29, 1.82) is 0 Å². The number of anilines is 1. The lowest BCUT2D eigenvalue weighted by Crippen LogP contribution is -2.34. The minimum Gasteiger partial charge on any atom is -0.480 e. The van der Waals surface area contributed by atoms with Crippen molar-refractivity contribution in [3.05, 3.63) is 29.3 Å². The maximum absolute atomic E-state index is 11.3. The summed E-state index contributed by atoms with van der Waals surface area (Å²) in [6.45, 7) is -0.678. The summed E-state index contributed by atoms with van der Waals surface area (Å²) in [6, 6.07) is 5.94. The summed E-state index contributed by atoms with van der Waals surface area (Å²) < 4.78 is 26.5. The molecule has 1 aromatic carbocycles. The van der Waals surface area contributed by atoms with Crippen LogP contribution in [0, 0.1) is 0 Å². The predicted molar refractivity (Wildman–Crippen MR) is 59.6 cm³/mol. The van der Waals surface area contributed by atoms with Crippen LogP contribution in [0.2, 0.25) is 5.02 Å². The van der Waals surface area contributed by atoms with Crippen molar-refractivity contribution in [2.75, 3.05) is 11.3 Å². The molecule has 0 aliphatic carbocycles. The second-order valence-corrected chi connectivity index (χ2v) is 4.76. The summed E-state index contributed by atoms with van der Waals surface area (Å²) in [5.74, 6) is -1.26. The van der Waals surface area contributed by atoms with Gasteiger partial charge in [-0.3, -0.25) is 9.52 Å². The molecule has 6 nitrogen and oxygen atoms in total. The van der Waals surface area contributed by atoms with Crippen LogP contribution in [0.3, 0.4) is 0 Å². The normalized spacial score (nSPS) is 11.1. The van der Waals surface area contributed by atoms with E-state index < -0.39 is 22.7 Å². The highest BCUT2D eigenvalue weighted by Gasteiger charge is 2.10. The topological polar surface area (TPSA) is 95.5 Å². The van der Waals surface area contributed by atoms with Gasteiger partial charge in [-0.15, -0.1) is 0 Å². The van der Waals surface area contributed by atoms with Gasteiger partial charge < -0.3 is 5.11 Å². The predicted octanol–water partition coefficient (Wildman–Crippen LogP) is 0.671. The van der Waals surface area contributed by atoms with E-state index in [2.05, 4.69) is 4.72 Å². The maximum atomic E-state index is 11.3. The van der Waals surface area contributed by atoms with Crippen molar-refractivity contribution in [3.8, 4) is 0 Å². The Morgan fingerprint density at radius 3 is 2.38 bits per heavy atom. The lowest BCUT2D eigenvalue weighted by molar-refractivity contribution is -0.135. The molecule has 0 atom stereocenters. The zero-order valence-electron chi connectivity index (χ0n) is 7.97. The first kappa shape index (κ1) is 12.8. The average Bonchev–Trinajstić information content (AvgIpc) is 2.19. The molecule has 0 aliphatic heterocycles. The molecular formula is C8H9ClN2O4S. The van der Waals surface area contributed by atoms with Gasteiger partial charge in [0.1, 0.15) is 6.54 Å².